The van der Waals surface area contributed by atoms with Crippen molar-refractivity contribution < 1.29 is 15.1 Å². The Bertz CT molecular complexity index is 1010. The maximum Gasteiger partial charge on any atom is 0.269 e. The van der Waals surface area contributed by atoms with E-state index in [9.17, 15) is 20.3 Å². The van der Waals surface area contributed by atoms with Crippen LogP contribution >= 0.6 is 11.3 Å². The molecule has 11 heteroatoms. The number of nitrogens with zero attached hydrogens (tertiary/aromatic N) is 6. The lowest BCUT2D eigenvalue weighted by atomic mass is 10.0. The van der Waals surface area contributed by atoms with E-state index < -0.39 is 4.92 Å². The number of rotatable bonds is 6. The van der Waals surface area contributed by atoms with E-state index in [1.807, 2.05) is 0 Å². The van der Waals surface area contributed by atoms with Crippen molar-refractivity contribution >= 4 is 22.0 Å². The second kappa shape index (κ2) is 8.03. The second-order valence-corrected chi connectivity index (χ2v) is 8.00. The lowest BCUT2D eigenvalue weighted by molar-refractivity contribution is -0.384. The summed E-state index contributed by atoms with van der Waals surface area (Å²) in [4.78, 5) is 20.7. The summed E-state index contributed by atoms with van der Waals surface area (Å²) in [6.45, 7) is 5.61. The summed E-state index contributed by atoms with van der Waals surface area (Å²) in [5, 5.41) is 35.3. The molecule has 1 aliphatic heterocycles. The average molecular weight is 418 g/mol. The lowest BCUT2D eigenvalue weighted by Gasteiger charge is -2.38. The van der Waals surface area contributed by atoms with Crippen LogP contribution in [0.3, 0.4) is 0 Å². The van der Waals surface area contributed by atoms with E-state index in [0.717, 1.165) is 31.7 Å². The van der Waals surface area contributed by atoms with Crippen LogP contribution in [-0.2, 0) is 0 Å². The largest absolute Gasteiger partial charge is 0.492 e. The molecule has 10 nitrogen and oxygen atoms in total. The fourth-order valence-corrected chi connectivity index (χ4v) is 4.88. The molecule has 1 aliphatic rings. The van der Waals surface area contributed by atoms with Gasteiger partial charge < -0.3 is 10.2 Å². The molecule has 0 bridgehead atoms. The van der Waals surface area contributed by atoms with Gasteiger partial charge >= 0.3 is 0 Å². The first kappa shape index (κ1) is 19.7. The van der Waals surface area contributed by atoms with Crippen molar-refractivity contribution in [3.63, 3.8) is 0 Å². The molecule has 1 saturated heterocycles. The molecule has 0 spiro atoms. The van der Waals surface area contributed by atoms with Crippen molar-refractivity contribution in [1.29, 1.82) is 0 Å². The molecule has 1 unspecified atom stereocenters. The highest BCUT2D eigenvalue weighted by Crippen LogP contribution is 2.40. The van der Waals surface area contributed by atoms with Crippen LogP contribution in [0.15, 0.2) is 24.3 Å². The first-order valence-electron chi connectivity index (χ1n) is 9.34. The van der Waals surface area contributed by atoms with E-state index in [-0.39, 0.29) is 24.2 Å². The molecule has 0 saturated carbocycles. The number of aromatic hydroxyl groups is 1. The number of fused-ring (bicyclic) bond motifs is 1. The smallest absolute Gasteiger partial charge is 0.269 e. The molecular formula is C18H22N6O4S. The maximum atomic E-state index is 11.0. The first-order chi connectivity index (χ1) is 14.0. The van der Waals surface area contributed by atoms with Crippen LogP contribution in [0, 0.1) is 17.0 Å². The molecule has 0 radical (unpaired) electrons. The van der Waals surface area contributed by atoms with Gasteiger partial charge in [0.1, 0.15) is 5.82 Å². The predicted octanol–water partition coefficient (Wildman–Crippen LogP) is 1.41. The number of aromatic nitrogens is 3. The number of non-ortho nitro benzene ring substituents is 1. The fourth-order valence-electron chi connectivity index (χ4n) is 3.72. The molecule has 154 valence electrons. The normalized spacial score (nSPS) is 17.0. The van der Waals surface area contributed by atoms with Crippen molar-refractivity contribution in [2.45, 2.75) is 13.0 Å². The highest BCUT2D eigenvalue weighted by atomic mass is 32.1. The molecule has 2 aromatic heterocycles. The number of hydrogen-bond donors (Lipinski definition) is 2. The number of benzene rings is 1. The van der Waals surface area contributed by atoms with Crippen LogP contribution in [0.25, 0.3) is 4.96 Å². The standard InChI is InChI=1S/C18H22N6O4S/c1-12-19-18-23(20-12)17(26)16(29-18)15(13-2-4-14(5-3-13)24(27)28)22-8-6-21(7-9-22)10-11-25/h2-5,15,25-26H,6-11H2,1H3. The SMILES string of the molecule is Cc1nc2sc(C(c3ccc([N+](=O)[O-])cc3)N3CCN(CCO)CC3)c(O)n2n1. The topological polar surface area (TPSA) is 120 Å². The van der Waals surface area contributed by atoms with Gasteiger partial charge in [-0.25, -0.2) is 4.98 Å². The molecule has 2 N–H and O–H groups in total. The van der Waals surface area contributed by atoms with Gasteiger partial charge in [0.05, 0.1) is 22.4 Å². The average Bonchev–Trinajstić information content (AvgIpc) is 3.21. The third-order valence-electron chi connectivity index (χ3n) is 5.16. The minimum absolute atomic E-state index is 0.0303. The van der Waals surface area contributed by atoms with E-state index in [1.165, 1.54) is 28.0 Å². The Labute approximate surface area is 170 Å². The van der Waals surface area contributed by atoms with Crippen molar-refractivity contribution in [1.82, 2.24) is 24.4 Å². The summed E-state index contributed by atoms with van der Waals surface area (Å²) in [7, 11) is 0. The molecule has 1 fully saturated rings. The quantitative estimate of drug-likeness (QED) is 0.455. The third-order valence-corrected chi connectivity index (χ3v) is 6.23. The molecule has 4 rings (SSSR count). The molecule has 3 heterocycles. The van der Waals surface area contributed by atoms with Crippen LogP contribution < -0.4 is 0 Å². The monoisotopic (exact) mass is 418 g/mol. The van der Waals surface area contributed by atoms with Gasteiger partial charge in [0.25, 0.3) is 5.69 Å². The molecule has 1 aromatic carbocycles. The molecule has 0 amide bonds. The molecule has 29 heavy (non-hydrogen) atoms. The Morgan fingerprint density at radius 3 is 2.52 bits per heavy atom. The van der Waals surface area contributed by atoms with Gasteiger partial charge in [0, 0.05) is 44.9 Å². The maximum absolute atomic E-state index is 11.0. The van der Waals surface area contributed by atoms with Crippen LogP contribution in [0.2, 0.25) is 0 Å². The fraction of sp³-hybridized carbons (Fsp3) is 0.444. The van der Waals surface area contributed by atoms with Gasteiger partial charge in [-0.2, -0.15) is 4.52 Å². The van der Waals surface area contributed by atoms with Crippen molar-refractivity contribution in [2.75, 3.05) is 39.3 Å². The van der Waals surface area contributed by atoms with Crippen LogP contribution in [0.5, 0.6) is 5.88 Å². The zero-order valence-corrected chi connectivity index (χ0v) is 16.7. The number of nitro groups is 1. The van der Waals surface area contributed by atoms with Gasteiger partial charge in [-0.15, -0.1) is 5.10 Å². The number of β-amino-alcohol motifs (C(OH)–C–C–N with tert-alkyl or cyclic N) is 1. The van der Waals surface area contributed by atoms with E-state index >= 15 is 0 Å². The summed E-state index contributed by atoms with van der Waals surface area (Å²) < 4.78 is 1.44. The number of piperazine rings is 1. The van der Waals surface area contributed by atoms with Gasteiger partial charge in [-0.05, 0) is 12.5 Å². The minimum atomic E-state index is -0.421. The van der Waals surface area contributed by atoms with Gasteiger partial charge in [-0.3, -0.25) is 19.9 Å². The van der Waals surface area contributed by atoms with E-state index in [1.54, 1.807) is 19.1 Å². The molecular weight excluding hydrogens is 396 g/mol. The molecule has 0 aliphatic carbocycles. The van der Waals surface area contributed by atoms with Gasteiger partial charge in [-0.1, -0.05) is 23.5 Å². The zero-order chi connectivity index (χ0) is 20.5. The summed E-state index contributed by atoms with van der Waals surface area (Å²) in [5.41, 5.74) is 0.894. The summed E-state index contributed by atoms with van der Waals surface area (Å²) in [6.07, 6.45) is 0. The summed E-state index contributed by atoms with van der Waals surface area (Å²) >= 11 is 1.37. The van der Waals surface area contributed by atoms with Crippen LogP contribution in [0.1, 0.15) is 22.3 Å². The van der Waals surface area contributed by atoms with Gasteiger partial charge in [0.2, 0.25) is 10.8 Å². The Balaban J connectivity index is 1.71. The highest BCUT2D eigenvalue weighted by Gasteiger charge is 2.31. The second-order valence-electron chi connectivity index (χ2n) is 7.00. The number of aliphatic hydroxyl groups is 1. The summed E-state index contributed by atoms with van der Waals surface area (Å²) in [6, 6.07) is 6.19. The van der Waals surface area contributed by atoms with Crippen molar-refractivity contribution in [3.8, 4) is 5.88 Å². The van der Waals surface area contributed by atoms with Crippen LogP contribution in [-0.4, -0.2) is 78.9 Å². The molecule has 3 aromatic rings. The number of thiazole rings is 1. The van der Waals surface area contributed by atoms with Crippen LogP contribution in [0.4, 0.5) is 5.69 Å². The Hall–Kier alpha value is -2.60. The Morgan fingerprint density at radius 2 is 1.93 bits per heavy atom. The van der Waals surface area contributed by atoms with Gasteiger partial charge in [0.15, 0.2) is 0 Å². The first-order valence-corrected chi connectivity index (χ1v) is 10.2. The Morgan fingerprint density at radius 1 is 1.24 bits per heavy atom. The van der Waals surface area contributed by atoms with E-state index in [2.05, 4.69) is 19.9 Å². The zero-order valence-electron chi connectivity index (χ0n) is 15.9. The number of hydrogen-bond acceptors (Lipinski definition) is 9. The minimum Gasteiger partial charge on any atom is -0.492 e. The number of aryl methyl sites for hydroxylation is 1. The highest BCUT2D eigenvalue weighted by molar-refractivity contribution is 7.17. The van der Waals surface area contributed by atoms with Crippen molar-refractivity contribution in [3.05, 3.63) is 50.6 Å². The van der Waals surface area contributed by atoms with E-state index in [4.69, 9.17) is 0 Å². The molecule has 1 atom stereocenters. The lowest BCUT2D eigenvalue weighted by Crippen LogP contribution is -2.48. The Kier molecular flexibility index (Phi) is 5.46. The number of nitro benzene ring substituents is 1. The third kappa shape index (κ3) is 3.81. The summed E-state index contributed by atoms with van der Waals surface area (Å²) in [5.74, 6) is 0.634. The predicted molar refractivity (Wildman–Crippen MR) is 107 cm³/mol. The van der Waals surface area contributed by atoms with E-state index in [0.29, 0.717) is 22.2 Å². The van der Waals surface area contributed by atoms with Crippen molar-refractivity contribution in [2.24, 2.45) is 0 Å². The number of aliphatic hydroxyl groups excluding tert-OH is 1.